The average Bonchev–Trinajstić information content (AvgIpc) is 3.01. The van der Waals surface area contributed by atoms with Crippen LogP contribution in [0, 0.1) is 27.7 Å². The molecule has 0 fully saturated rings. The summed E-state index contributed by atoms with van der Waals surface area (Å²) in [6.07, 6.45) is 0. The molecule has 5 aromatic rings. The lowest BCUT2D eigenvalue weighted by Crippen LogP contribution is -2.22. The molecule has 0 saturated carbocycles. The van der Waals surface area contributed by atoms with Gasteiger partial charge in [0.1, 0.15) is 34.3 Å². The number of hydrogen-bond acceptors (Lipinski definition) is 6. The van der Waals surface area contributed by atoms with Crippen LogP contribution in [0.2, 0.25) is 0 Å². The number of nitrogens with zero attached hydrogens (tertiary/aromatic N) is 2. The van der Waals surface area contributed by atoms with Crippen molar-refractivity contribution in [2.24, 2.45) is 0 Å². The van der Waals surface area contributed by atoms with Crippen molar-refractivity contribution in [3.63, 3.8) is 0 Å². The maximum absolute atomic E-state index is 13.3. The molecule has 0 aliphatic carbocycles. The van der Waals surface area contributed by atoms with Crippen molar-refractivity contribution in [1.29, 1.82) is 0 Å². The molecule has 1 aromatic heterocycles. The monoisotopic (exact) mass is 604 g/mol. The Morgan fingerprint density at radius 3 is 1.80 bits per heavy atom. The minimum absolute atomic E-state index is 0.182. The number of aryl methyl sites for hydroxylation is 2. The van der Waals surface area contributed by atoms with Gasteiger partial charge in [0.25, 0.3) is 11.8 Å². The highest BCUT2D eigenvalue weighted by Gasteiger charge is 2.22. The number of carbonyl (C=O) groups excluding carboxylic acids is 2. The maximum Gasteiger partial charge on any atom is 0.257 e. The van der Waals surface area contributed by atoms with Crippen LogP contribution >= 0.6 is 0 Å². The fourth-order valence-corrected chi connectivity index (χ4v) is 4.98. The van der Waals surface area contributed by atoms with E-state index in [1.54, 1.807) is 70.7 Å². The highest BCUT2D eigenvalue weighted by molar-refractivity contribution is 5.98. The fourth-order valence-electron chi connectivity index (χ4n) is 4.98. The van der Waals surface area contributed by atoms with E-state index in [9.17, 15) is 14.4 Å². The van der Waals surface area contributed by atoms with Gasteiger partial charge in [-0.15, -0.1) is 0 Å². The van der Waals surface area contributed by atoms with Crippen LogP contribution in [0.5, 0.6) is 23.0 Å². The van der Waals surface area contributed by atoms with Crippen molar-refractivity contribution in [3.05, 3.63) is 116 Å². The molecule has 230 valence electrons. The predicted octanol–water partition coefficient (Wildman–Crippen LogP) is 7.68. The van der Waals surface area contributed by atoms with E-state index in [0.717, 1.165) is 22.3 Å². The number of amides is 2. The Morgan fingerprint density at radius 2 is 1.22 bits per heavy atom. The third kappa shape index (κ3) is 6.04. The third-order valence-corrected chi connectivity index (χ3v) is 7.91. The van der Waals surface area contributed by atoms with Crippen LogP contribution in [0.1, 0.15) is 43.0 Å². The van der Waals surface area contributed by atoms with E-state index < -0.39 is 0 Å². The Morgan fingerprint density at radius 1 is 0.667 bits per heavy atom. The first kappa shape index (κ1) is 31.1. The molecule has 0 saturated heterocycles. The van der Waals surface area contributed by atoms with E-state index in [1.165, 1.54) is 15.9 Å². The molecule has 0 unspecified atom stereocenters. The lowest BCUT2D eigenvalue weighted by molar-refractivity contribution is 0.0817. The zero-order valence-corrected chi connectivity index (χ0v) is 26.8. The maximum atomic E-state index is 13.3. The molecular formula is C37H36N2O6. The van der Waals surface area contributed by atoms with Gasteiger partial charge in [0.05, 0.1) is 22.1 Å². The van der Waals surface area contributed by atoms with E-state index in [0.29, 0.717) is 56.4 Å². The number of rotatable bonds is 7. The number of fused-ring (bicyclic) bond motifs is 1. The van der Waals surface area contributed by atoms with E-state index in [4.69, 9.17) is 13.9 Å². The SMILES string of the molecule is Cc1ccc(C(=O)N(C)C)c(Oc2ccc3c(=O)cc(-c4ccccc4Oc4c(C(=O)N(C)C)ccc(C)c4C)oc3c2)c1C. The number of carbonyl (C=O) groups is 2. The van der Waals surface area contributed by atoms with Gasteiger partial charge in [-0.05, 0) is 86.3 Å². The Bertz CT molecular complexity index is 2020. The van der Waals surface area contributed by atoms with Crippen molar-refractivity contribution < 1.29 is 23.5 Å². The summed E-state index contributed by atoms with van der Waals surface area (Å²) in [4.78, 5) is 42.2. The van der Waals surface area contributed by atoms with Gasteiger partial charge in [-0.25, -0.2) is 0 Å². The van der Waals surface area contributed by atoms with Crippen molar-refractivity contribution in [3.8, 4) is 34.3 Å². The third-order valence-electron chi connectivity index (χ3n) is 7.91. The molecule has 0 spiro atoms. The molecule has 4 aromatic carbocycles. The lowest BCUT2D eigenvalue weighted by Gasteiger charge is -2.19. The molecule has 8 nitrogen and oxygen atoms in total. The Balaban J connectivity index is 1.59. The second-order valence-corrected chi connectivity index (χ2v) is 11.5. The van der Waals surface area contributed by atoms with Crippen LogP contribution in [0.25, 0.3) is 22.3 Å². The highest BCUT2D eigenvalue weighted by atomic mass is 16.5. The zero-order chi connectivity index (χ0) is 32.6. The van der Waals surface area contributed by atoms with Crippen molar-refractivity contribution in [1.82, 2.24) is 9.80 Å². The van der Waals surface area contributed by atoms with Gasteiger partial charge >= 0.3 is 0 Å². The van der Waals surface area contributed by atoms with Crippen molar-refractivity contribution >= 4 is 22.8 Å². The first-order valence-electron chi connectivity index (χ1n) is 14.5. The second kappa shape index (κ2) is 12.3. The molecule has 0 aliphatic heterocycles. The van der Waals surface area contributed by atoms with Gasteiger partial charge in [-0.2, -0.15) is 0 Å². The summed E-state index contributed by atoms with van der Waals surface area (Å²) < 4.78 is 19.1. The molecule has 0 atom stereocenters. The number of ether oxygens (including phenoxy) is 2. The van der Waals surface area contributed by atoms with Gasteiger partial charge in [0, 0.05) is 40.3 Å². The average molecular weight is 605 g/mol. The fraction of sp³-hybridized carbons (Fsp3) is 0.216. The zero-order valence-electron chi connectivity index (χ0n) is 26.8. The summed E-state index contributed by atoms with van der Waals surface area (Å²) in [7, 11) is 6.77. The quantitative estimate of drug-likeness (QED) is 0.189. The topological polar surface area (TPSA) is 89.3 Å². The smallest absolute Gasteiger partial charge is 0.257 e. The molecule has 0 aliphatic rings. The predicted molar refractivity (Wildman–Crippen MR) is 176 cm³/mol. The Hall–Kier alpha value is -5.37. The molecule has 8 heteroatoms. The summed E-state index contributed by atoms with van der Waals surface area (Å²) in [5.74, 6) is 1.65. The first-order valence-corrected chi connectivity index (χ1v) is 14.5. The molecule has 1 heterocycles. The minimum Gasteiger partial charge on any atom is -0.456 e. The molecule has 45 heavy (non-hydrogen) atoms. The summed E-state index contributed by atoms with van der Waals surface area (Å²) >= 11 is 0. The van der Waals surface area contributed by atoms with E-state index in [2.05, 4.69) is 0 Å². The molecule has 0 radical (unpaired) electrons. The number of hydrogen-bond donors (Lipinski definition) is 0. The van der Waals surface area contributed by atoms with Crippen LogP contribution in [0.3, 0.4) is 0 Å². The molecular weight excluding hydrogens is 568 g/mol. The highest BCUT2D eigenvalue weighted by Crippen LogP contribution is 2.39. The first-order chi connectivity index (χ1) is 21.4. The summed E-state index contributed by atoms with van der Waals surface area (Å²) in [5.41, 5.74) is 5.10. The summed E-state index contributed by atoms with van der Waals surface area (Å²) in [5, 5.41) is 0.378. The van der Waals surface area contributed by atoms with Crippen LogP contribution < -0.4 is 14.9 Å². The van der Waals surface area contributed by atoms with Crippen LogP contribution in [0.15, 0.2) is 82.0 Å². The molecule has 0 bridgehead atoms. The lowest BCUT2D eigenvalue weighted by atomic mass is 10.0. The molecule has 2 amide bonds. The standard InChI is InChI=1S/C37H36N2O6/c1-21-13-16-28(36(41)38(5)6)34(23(21)3)43-25-15-18-26-30(40)20-33(44-32(26)19-25)27-11-9-10-12-31(27)45-35-24(4)22(2)14-17-29(35)37(42)39(7)8/h9-20H,1-8H3. The van der Waals surface area contributed by atoms with E-state index in [-0.39, 0.29) is 17.2 Å². The van der Waals surface area contributed by atoms with E-state index >= 15 is 0 Å². The largest absolute Gasteiger partial charge is 0.456 e. The van der Waals surface area contributed by atoms with Crippen molar-refractivity contribution in [2.75, 3.05) is 28.2 Å². The Labute approximate surface area is 262 Å². The van der Waals surface area contributed by atoms with E-state index in [1.807, 2.05) is 52.0 Å². The van der Waals surface area contributed by atoms with Gasteiger partial charge < -0.3 is 23.7 Å². The minimum atomic E-state index is -0.238. The summed E-state index contributed by atoms with van der Waals surface area (Å²) in [6.45, 7) is 7.72. The number of benzene rings is 4. The van der Waals surface area contributed by atoms with Crippen molar-refractivity contribution in [2.45, 2.75) is 27.7 Å². The van der Waals surface area contributed by atoms with Gasteiger partial charge in [0.2, 0.25) is 0 Å². The van der Waals surface area contributed by atoms with Crippen LogP contribution in [0.4, 0.5) is 0 Å². The van der Waals surface area contributed by atoms with Gasteiger partial charge in [-0.1, -0.05) is 24.3 Å². The van der Waals surface area contributed by atoms with Gasteiger partial charge in [-0.3, -0.25) is 14.4 Å². The van der Waals surface area contributed by atoms with Crippen LogP contribution in [-0.2, 0) is 0 Å². The Kier molecular flexibility index (Phi) is 8.51. The second-order valence-electron chi connectivity index (χ2n) is 11.5. The number of para-hydroxylation sites is 1. The van der Waals surface area contributed by atoms with Crippen LogP contribution in [-0.4, -0.2) is 49.8 Å². The molecule has 5 rings (SSSR count). The van der Waals surface area contributed by atoms with Gasteiger partial charge in [0.15, 0.2) is 5.43 Å². The normalized spacial score (nSPS) is 10.9. The molecule has 0 N–H and O–H groups in total. The summed E-state index contributed by atoms with van der Waals surface area (Å²) in [6, 6.07) is 20.9.